The molecule has 3 atom stereocenters. The minimum atomic E-state index is -4.69. The molecule has 2 N–H and O–H groups in total. The van der Waals surface area contributed by atoms with Gasteiger partial charge in [0.1, 0.15) is 12.7 Å². The van der Waals surface area contributed by atoms with Gasteiger partial charge < -0.3 is 19.9 Å². The highest BCUT2D eigenvalue weighted by molar-refractivity contribution is 5.78. The number of para-hydroxylation sites is 2. The fraction of sp³-hybridized carbons (Fsp3) is 0.588. The average Bonchev–Trinajstić information content (AvgIpc) is 3.06. The third kappa shape index (κ3) is 4.39. The number of likely N-dealkylation sites (tertiary alicyclic amines) is 1. The number of carbonyl (C=O) groups is 1. The Balaban J connectivity index is 1.47. The van der Waals surface area contributed by atoms with Crippen LogP contribution in [0.1, 0.15) is 12.8 Å². The third-order valence-electron chi connectivity index (χ3n) is 4.56. The van der Waals surface area contributed by atoms with Crippen LogP contribution in [0, 0.1) is 0 Å². The molecule has 1 saturated heterocycles. The Hall–Kier alpha value is -2.00. The van der Waals surface area contributed by atoms with Crippen molar-refractivity contribution in [2.45, 2.75) is 37.3 Å². The molecule has 2 aliphatic heterocycles. The van der Waals surface area contributed by atoms with Crippen molar-refractivity contribution in [3.8, 4) is 11.5 Å². The third-order valence-corrected chi connectivity index (χ3v) is 4.56. The minimum absolute atomic E-state index is 0.188. The summed E-state index contributed by atoms with van der Waals surface area (Å²) in [5, 5.41) is 12.1. The van der Waals surface area contributed by atoms with Crippen LogP contribution in [0.15, 0.2) is 24.3 Å². The van der Waals surface area contributed by atoms with Crippen molar-refractivity contribution < 1.29 is 32.5 Å². The molecule has 0 aromatic heterocycles. The number of halogens is 3. The first-order valence-corrected chi connectivity index (χ1v) is 8.48. The summed E-state index contributed by atoms with van der Waals surface area (Å²) in [7, 11) is 0. The van der Waals surface area contributed by atoms with Crippen molar-refractivity contribution in [3.05, 3.63) is 24.3 Å². The molecule has 0 bridgehead atoms. The Morgan fingerprint density at radius 2 is 2.08 bits per heavy atom. The number of amides is 1. The molecule has 0 aliphatic carbocycles. The lowest BCUT2D eigenvalue weighted by atomic mass is 10.1. The maximum absolute atomic E-state index is 12.7. The van der Waals surface area contributed by atoms with Crippen LogP contribution in [0.25, 0.3) is 0 Å². The Labute approximate surface area is 148 Å². The summed E-state index contributed by atoms with van der Waals surface area (Å²) >= 11 is 0. The molecule has 144 valence electrons. The summed E-state index contributed by atoms with van der Waals surface area (Å²) in [6.45, 7) is 0.619. The lowest BCUT2D eigenvalue weighted by molar-refractivity contribution is -0.219. The number of alkyl halides is 3. The van der Waals surface area contributed by atoms with Gasteiger partial charge in [-0.15, -0.1) is 0 Å². The standard InChI is InChI=1S/C17H21F3N2O4/c18-17(19,20)16(24)12-4-3-7-22(12)9-15(23)21-8-11-10-25-13-5-1-2-6-14(13)26-11/h1-2,5-6,11-12,16,24H,3-4,7-10H2,(H,21,23)/t11-,12+,16+/m0/s1. The molecular weight excluding hydrogens is 353 g/mol. The van der Waals surface area contributed by atoms with E-state index in [0.29, 0.717) is 24.5 Å². The predicted octanol–water partition coefficient (Wildman–Crippen LogP) is 1.33. The number of nitrogens with zero attached hydrogens (tertiary/aromatic N) is 1. The molecule has 26 heavy (non-hydrogen) atoms. The van der Waals surface area contributed by atoms with Crippen LogP contribution in [0.3, 0.4) is 0 Å². The van der Waals surface area contributed by atoms with E-state index in [0.717, 1.165) is 0 Å². The molecule has 0 unspecified atom stereocenters. The smallest absolute Gasteiger partial charge is 0.415 e. The van der Waals surface area contributed by atoms with Crippen molar-refractivity contribution >= 4 is 5.91 Å². The Kier molecular flexibility index (Phi) is 5.57. The summed E-state index contributed by atoms with van der Waals surface area (Å²) in [5.74, 6) is 0.816. The minimum Gasteiger partial charge on any atom is -0.486 e. The van der Waals surface area contributed by atoms with Crippen LogP contribution in [-0.2, 0) is 4.79 Å². The number of benzene rings is 1. The van der Waals surface area contributed by atoms with E-state index in [1.165, 1.54) is 4.90 Å². The largest absolute Gasteiger partial charge is 0.486 e. The van der Waals surface area contributed by atoms with E-state index in [1.54, 1.807) is 12.1 Å². The summed E-state index contributed by atoms with van der Waals surface area (Å²) < 4.78 is 49.4. The van der Waals surface area contributed by atoms with Crippen molar-refractivity contribution in [2.24, 2.45) is 0 Å². The quantitative estimate of drug-likeness (QED) is 0.814. The van der Waals surface area contributed by atoms with E-state index in [4.69, 9.17) is 9.47 Å². The van der Waals surface area contributed by atoms with Crippen LogP contribution in [-0.4, -0.2) is 66.6 Å². The summed E-state index contributed by atoms with van der Waals surface area (Å²) in [5.41, 5.74) is 0. The van der Waals surface area contributed by atoms with E-state index in [2.05, 4.69) is 5.32 Å². The number of nitrogens with one attached hydrogen (secondary N) is 1. The molecule has 2 aliphatic rings. The lowest BCUT2D eigenvalue weighted by Gasteiger charge is -2.30. The Morgan fingerprint density at radius 1 is 1.35 bits per heavy atom. The fourth-order valence-corrected chi connectivity index (χ4v) is 3.26. The van der Waals surface area contributed by atoms with Crippen molar-refractivity contribution in [1.82, 2.24) is 10.2 Å². The predicted molar refractivity (Wildman–Crippen MR) is 86.0 cm³/mol. The zero-order valence-corrected chi connectivity index (χ0v) is 14.0. The summed E-state index contributed by atoms with van der Waals surface area (Å²) in [4.78, 5) is 13.5. The lowest BCUT2D eigenvalue weighted by Crippen LogP contribution is -2.50. The van der Waals surface area contributed by atoms with Crippen molar-refractivity contribution in [3.63, 3.8) is 0 Å². The second-order valence-corrected chi connectivity index (χ2v) is 6.47. The highest BCUT2D eigenvalue weighted by Gasteiger charge is 2.47. The number of aliphatic hydroxyl groups is 1. The SMILES string of the molecule is O=C(CN1CCC[C@@H]1[C@@H](O)C(F)(F)F)NC[C@H]1COc2ccccc2O1. The maximum atomic E-state index is 12.7. The van der Waals surface area contributed by atoms with Gasteiger partial charge in [-0.05, 0) is 31.5 Å². The molecule has 1 fully saturated rings. The van der Waals surface area contributed by atoms with Crippen LogP contribution in [0.4, 0.5) is 13.2 Å². The van der Waals surface area contributed by atoms with Gasteiger partial charge in [0.15, 0.2) is 17.6 Å². The van der Waals surface area contributed by atoms with Gasteiger partial charge in [-0.1, -0.05) is 12.1 Å². The first-order chi connectivity index (χ1) is 12.3. The van der Waals surface area contributed by atoms with Gasteiger partial charge in [-0.3, -0.25) is 9.69 Å². The second kappa shape index (κ2) is 7.71. The van der Waals surface area contributed by atoms with Gasteiger partial charge in [0.25, 0.3) is 0 Å². The highest BCUT2D eigenvalue weighted by atomic mass is 19.4. The molecule has 0 saturated carbocycles. The first kappa shape index (κ1) is 18.8. The zero-order chi connectivity index (χ0) is 18.7. The van der Waals surface area contributed by atoms with Crippen LogP contribution >= 0.6 is 0 Å². The normalized spacial score (nSPS) is 24.3. The number of aliphatic hydroxyl groups excluding tert-OH is 1. The Bertz CT molecular complexity index is 641. The average molecular weight is 374 g/mol. The van der Waals surface area contributed by atoms with Gasteiger partial charge >= 0.3 is 6.18 Å². The Morgan fingerprint density at radius 3 is 2.81 bits per heavy atom. The monoisotopic (exact) mass is 374 g/mol. The van der Waals surface area contributed by atoms with Crippen LogP contribution in [0.2, 0.25) is 0 Å². The van der Waals surface area contributed by atoms with E-state index in [9.17, 15) is 23.1 Å². The number of hydrogen-bond donors (Lipinski definition) is 2. The number of hydrogen-bond acceptors (Lipinski definition) is 5. The van der Waals surface area contributed by atoms with E-state index in [1.807, 2.05) is 12.1 Å². The first-order valence-electron chi connectivity index (χ1n) is 8.48. The molecule has 9 heteroatoms. The highest BCUT2D eigenvalue weighted by Crippen LogP contribution is 2.31. The molecule has 1 aromatic rings. The molecule has 2 heterocycles. The topological polar surface area (TPSA) is 71.0 Å². The number of carbonyl (C=O) groups excluding carboxylic acids is 1. The molecule has 0 radical (unpaired) electrons. The van der Waals surface area contributed by atoms with Gasteiger partial charge in [0.2, 0.25) is 5.91 Å². The van der Waals surface area contributed by atoms with Crippen molar-refractivity contribution in [1.29, 1.82) is 0 Å². The maximum Gasteiger partial charge on any atom is 0.415 e. The number of fused-ring (bicyclic) bond motifs is 1. The second-order valence-electron chi connectivity index (χ2n) is 6.47. The molecule has 6 nitrogen and oxygen atoms in total. The fourth-order valence-electron chi connectivity index (χ4n) is 3.26. The number of ether oxygens (including phenoxy) is 2. The molecular formula is C17H21F3N2O4. The number of rotatable bonds is 5. The molecule has 1 aromatic carbocycles. The van der Waals surface area contributed by atoms with Crippen LogP contribution < -0.4 is 14.8 Å². The van der Waals surface area contributed by atoms with Gasteiger partial charge in [0, 0.05) is 6.04 Å². The molecule has 1 amide bonds. The van der Waals surface area contributed by atoms with E-state index in [-0.39, 0.29) is 32.2 Å². The zero-order valence-electron chi connectivity index (χ0n) is 14.0. The van der Waals surface area contributed by atoms with E-state index < -0.39 is 24.2 Å². The molecule has 0 spiro atoms. The van der Waals surface area contributed by atoms with E-state index >= 15 is 0 Å². The van der Waals surface area contributed by atoms with Crippen molar-refractivity contribution in [2.75, 3.05) is 26.2 Å². The van der Waals surface area contributed by atoms with Gasteiger partial charge in [-0.2, -0.15) is 13.2 Å². The van der Waals surface area contributed by atoms with Gasteiger partial charge in [0.05, 0.1) is 13.1 Å². The van der Waals surface area contributed by atoms with Crippen LogP contribution in [0.5, 0.6) is 11.5 Å². The summed E-state index contributed by atoms with van der Waals surface area (Å²) in [6, 6.07) is 6.09. The molecule has 3 rings (SSSR count). The summed E-state index contributed by atoms with van der Waals surface area (Å²) in [6.07, 6.45) is -6.77. The van der Waals surface area contributed by atoms with Gasteiger partial charge in [-0.25, -0.2) is 0 Å².